The molecule has 0 fully saturated rings. The SMILES string of the molecule is COC(=O)Oc1c(NC(=O)CSc2ccc(Br)cc2)cnn1CCc1ccccc1. The summed E-state index contributed by atoms with van der Waals surface area (Å²) in [6, 6.07) is 17.6. The zero-order valence-corrected chi connectivity index (χ0v) is 18.6. The van der Waals surface area contributed by atoms with Gasteiger partial charge in [0.25, 0.3) is 0 Å². The summed E-state index contributed by atoms with van der Waals surface area (Å²) in [6.07, 6.45) is 1.27. The Morgan fingerprint density at radius 2 is 1.87 bits per heavy atom. The van der Waals surface area contributed by atoms with Gasteiger partial charge in [0.1, 0.15) is 5.69 Å². The molecule has 156 valence electrons. The second kappa shape index (κ2) is 10.8. The maximum Gasteiger partial charge on any atom is 0.514 e. The molecule has 0 unspecified atom stereocenters. The lowest BCUT2D eigenvalue weighted by Crippen LogP contribution is -2.17. The number of nitrogens with zero attached hydrogens (tertiary/aromatic N) is 2. The van der Waals surface area contributed by atoms with Gasteiger partial charge in [-0.3, -0.25) is 4.79 Å². The van der Waals surface area contributed by atoms with Gasteiger partial charge in [-0.05, 0) is 36.2 Å². The van der Waals surface area contributed by atoms with E-state index in [9.17, 15) is 9.59 Å². The topological polar surface area (TPSA) is 82.4 Å². The molecular formula is C21H20BrN3O4S. The van der Waals surface area contributed by atoms with Gasteiger partial charge in [-0.1, -0.05) is 46.3 Å². The van der Waals surface area contributed by atoms with Crippen molar-refractivity contribution < 1.29 is 19.1 Å². The molecule has 0 aliphatic carbocycles. The van der Waals surface area contributed by atoms with Crippen LogP contribution in [0.3, 0.4) is 0 Å². The van der Waals surface area contributed by atoms with E-state index < -0.39 is 6.16 Å². The number of anilines is 1. The van der Waals surface area contributed by atoms with Crippen LogP contribution in [0.25, 0.3) is 0 Å². The van der Waals surface area contributed by atoms with Crippen molar-refractivity contribution >= 4 is 45.4 Å². The molecule has 3 rings (SSSR count). The molecule has 2 aromatic carbocycles. The third-order valence-electron chi connectivity index (χ3n) is 4.05. The molecule has 1 N–H and O–H groups in total. The van der Waals surface area contributed by atoms with Gasteiger partial charge in [0.2, 0.25) is 11.8 Å². The fourth-order valence-electron chi connectivity index (χ4n) is 2.59. The minimum Gasteiger partial charge on any atom is -0.437 e. The maximum atomic E-state index is 12.4. The van der Waals surface area contributed by atoms with Crippen molar-refractivity contribution in [3.8, 4) is 5.88 Å². The molecule has 0 aliphatic heterocycles. The van der Waals surface area contributed by atoms with Crippen molar-refractivity contribution in [3.05, 3.63) is 70.8 Å². The van der Waals surface area contributed by atoms with Crippen molar-refractivity contribution in [3.63, 3.8) is 0 Å². The van der Waals surface area contributed by atoms with Gasteiger partial charge in [0, 0.05) is 15.9 Å². The number of thioether (sulfide) groups is 1. The van der Waals surface area contributed by atoms with E-state index in [0.29, 0.717) is 18.7 Å². The molecule has 3 aromatic rings. The molecule has 0 aliphatic rings. The molecule has 9 heteroatoms. The van der Waals surface area contributed by atoms with Gasteiger partial charge >= 0.3 is 6.16 Å². The van der Waals surface area contributed by atoms with Crippen LogP contribution in [0.15, 0.2) is 70.2 Å². The lowest BCUT2D eigenvalue weighted by atomic mass is 10.1. The van der Waals surface area contributed by atoms with E-state index in [0.717, 1.165) is 14.9 Å². The lowest BCUT2D eigenvalue weighted by Gasteiger charge is -2.10. The number of halogens is 1. The Balaban J connectivity index is 1.66. The Kier molecular flexibility index (Phi) is 7.92. The number of carbonyl (C=O) groups is 2. The summed E-state index contributed by atoms with van der Waals surface area (Å²) < 4.78 is 12.3. The van der Waals surface area contributed by atoms with Crippen molar-refractivity contribution in [2.75, 3.05) is 18.2 Å². The highest BCUT2D eigenvalue weighted by Crippen LogP contribution is 2.26. The van der Waals surface area contributed by atoms with Crippen LogP contribution in [-0.2, 0) is 22.5 Å². The molecule has 0 spiro atoms. The Hall–Kier alpha value is -2.78. The first-order valence-electron chi connectivity index (χ1n) is 9.09. The number of aryl methyl sites for hydroxylation is 2. The minimum atomic E-state index is -0.879. The highest BCUT2D eigenvalue weighted by atomic mass is 79.9. The maximum absolute atomic E-state index is 12.4. The summed E-state index contributed by atoms with van der Waals surface area (Å²) >= 11 is 4.79. The van der Waals surface area contributed by atoms with E-state index in [-0.39, 0.29) is 17.5 Å². The van der Waals surface area contributed by atoms with Crippen LogP contribution in [0, 0.1) is 0 Å². The van der Waals surface area contributed by atoms with E-state index in [2.05, 4.69) is 31.1 Å². The Morgan fingerprint density at radius 1 is 1.13 bits per heavy atom. The lowest BCUT2D eigenvalue weighted by molar-refractivity contribution is -0.113. The fraction of sp³-hybridized carbons (Fsp3) is 0.190. The number of amides is 1. The number of nitrogens with one attached hydrogen (secondary N) is 1. The molecule has 0 radical (unpaired) electrons. The second-order valence-corrected chi connectivity index (χ2v) is 8.13. The van der Waals surface area contributed by atoms with Crippen molar-refractivity contribution in [1.29, 1.82) is 0 Å². The number of aromatic nitrogens is 2. The van der Waals surface area contributed by atoms with E-state index in [4.69, 9.17) is 4.74 Å². The molecule has 30 heavy (non-hydrogen) atoms. The average Bonchev–Trinajstić information content (AvgIpc) is 3.13. The van der Waals surface area contributed by atoms with Crippen LogP contribution in [0.4, 0.5) is 10.5 Å². The quantitative estimate of drug-likeness (QED) is 0.362. The van der Waals surface area contributed by atoms with Crippen LogP contribution in [-0.4, -0.2) is 34.7 Å². The van der Waals surface area contributed by atoms with Gasteiger partial charge < -0.3 is 14.8 Å². The fourth-order valence-corrected chi connectivity index (χ4v) is 3.56. The zero-order valence-electron chi connectivity index (χ0n) is 16.2. The van der Waals surface area contributed by atoms with Crippen molar-refractivity contribution in [2.24, 2.45) is 0 Å². The summed E-state index contributed by atoms with van der Waals surface area (Å²) in [4.78, 5) is 25.0. The van der Waals surface area contributed by atoms with Gasteiger partial charge in [-0.15, -0.1) is 11.8 Å². The molecule has 0 bridgehead atoms. The molecular weight excluding hydrogens is 470 g/mol. The van der Waals surface area contributed by atoms with Gasteiger partial charge in [-0.2, -0.15) is 5.10 Å². The number of rotatable bonds is 8. The van der Waals surface area contributed by atoms with Crippen molar-refractivity contribution in [2.45, 2.75) is 17.9 Å². The number of ether oxygens (including phenoxy) is 2. The van der Waals surface area contributed by atoms with Crippen molar-refractivity contribution in [1.82, 2.24) is 9.78 Å². The second-order valence-electron chi connectivity index (χ2n) is 6.17. The molecule has 0 saturated heterocycles. The molecule has 1 heterocycles. The third kappa shape index (κ3) is 6.36. The third-order valence-corrected chi connectivity index (χ3v) is 5.59. The highest BCUT2D eigenvalue weighted by molar-refractivity contribution is 9.10. The predicted molar refractivity (Wildman–Crippen MR) is 119 cm³/mol. The zero-order chi connectivity index (χ0) is 21.3. The van der Waals surface area contributed by atoms with Gasteiger partial charge in [0.05, 0.1) is 19.1 Å². The predicted octanol–water partition coefficient (Wildman–Crippen LogP) is 4.76. The first-order chi connectivity index (χ1) is 14.5. The number of methoxy groups -OCH3 is 1. The summed E-state index contributed by atoms with van der Waals surface area (Å²) in [5, 5.41) is 7.01. The van der Waals surface area contributed by atoms with Gasteiger partial charge in [-0.25, -0.2) is 9.48 Å². The Morgan fingerprint density at radius 3 is 2.57 bits per heavy atom. The van der Waals surface area contributed by atoms with Crippen LogP contribution in [0.1, 0.15) is 5.56 Å². The summed E-state index contributed by atoms with van der Waals surface area (Å²) in [5.41, 5.74) is 1.43. The number of benzene rings is 2. The van der Waals surface area contributed by atoms with E-state index in [1.165, 1.54) is 29.8 Å². The summed E-state index contributed by atoms with van der Waals surface area (Å²) in [5.74, 6) is 0.106. The Labute approximate surface area is 186 Å². The van der Waals surface area contributed by atoms with Crippen LogP contribution < -0.4 is 10.1 Å². The molecule has 7 nitrogen and oxygen atoms in total. The molecule has 1 amide bonds. The largest absolute Gasteiger partial charge is 0.514 e. The minimum absolute atomic E-state index is 0.139. The van der Waals surface area contributed by atoms with Crippen LogP contribution >= 0.6 is 27.7 Å². The molecule has 0 atom stereocenters. The normalized spacial score (nSPS) is 10.5. The van der Waals surface area contributed by atoms with E-state index in [1.54, 1.807) is 0 Å². The standard InChI is InChI=1S/C21H20BrN3O4S/c1-28-21(27)29-20-18(13-23-25(20)12-11-15-5-3-2-4-6-15)24-19(26)14-30-17-9-7-16(22)8-10-17/h2-10,13H,11-12,14H2,1H3,(H,24,26). The van der Waals surface area contributed by atoms with Crippen LogP contribution in [0.2, 0.25) is 0 Å². The summed E-state index contributed by atoms with van der Waals surface area (Å²) in [7, 11) is 1.22. The number of carbonyl (C=O) groups excluding carboxylic acids is 2. The summed E-state index contributed by atoms with van der Waals surface area (Å²) in [6.45, 7) is 0.472. The monoisotopic (exact) mass is 489 g/mol. The Bertz CT molecular complexity index is 993. The van der Waals surface area contributed by atoms with E-state index >= 15 is 0 Å². The molecule has 0 saturated carbocycles. The molecule has 1 aromatic heterocycles. The number of hydrogen-bond acceptors (Lipinski definition) is 6. The first kappa shape index (κ1) is 21.9. The smallest absolute Gasteiger partial charge is 0.437 e. The first-order valence-corrected chi connectivity index (χ1v) is 10.9. The van der Waals surface area contributed by atoms with E-state index in [1.807, 2.05) is 54.6 Å². The highest BCUT2D eigenvalue weighted by Gasteiger charge is 2.18. The van der Waals surface area contributed by atoms with Gasteiger partial charge in [0.15, 0.2) is 0 Å². The number of hydrogen-bond donors (Lipinski definition) is 1. The van der Waals surface area contributed by atoms with Crippen LogP contribution in [0.5, 0.6) is 5.88 Å². The average molecular weight is 490 g/mol.